The molecular formula is C36H45NO8. The van der Waals surface area contributed by atoms with Gasteiger partial charge >= 0.3 is 11.9 Å². The van der Waals surface area contributed by atoms with Crippen LogP contribution in [0, 0.1) is 17.8 Å². The molecular weight excluding hydrogens is 574 g/mol. The Morgan fingerprint density at radius 3 is 2.56 bits per heavy atom. The van der Waals surface area contributed by atoms with Gasteiger partial charge in [0.15, 0.2) is 18.1 Å². The summed E-state index contributed by atoms with van der Waals surface area (Å²) in [5.74, 6) is 0.941. The molecule has 2 aromatic carbocycles. The number of aliphatic carboxylic acids is 1. The smallest absolute Gasteiger partial charge is 0.341 e. The lowest BCUT2D eigenvalue weighted by Gasteiger charge is -2.42. The summed E-state index contributed by atoms with van der Waals surface area (Å²) < 4.78 is 22.6. The number of aryl methyl sites for hydroxylation is 1. The average molecular weight is 620 g/mol. The van der Waals surface area contributed by atoms with Crippen LogP contribution in [0.2, 0.25) is 0 Å². The molecule has 2 fully saturated rings. The van der Waals surface area contributed by atoms with Crippen molar-refractivity contribution in [3.8, 4) is 17.2 Å². The van der Waals surface area contributed by atoms with Gasteiger partial charge in [0, 0.05) is 12.5 Å². The first-order chi connectivity index (χ1) is 21.9. The minimum Gasteiger partial charge on any atom is -0.493 e. The summed E-state index contributed by atoms with van der Waals surface area (Å²) in [7, 11) is 3.17. The molecule has 2 aromatic rings. The number of methoxy groups -OCH3 is 2. The predicted molar refractivity (Wildman–Crippen MR) is 168 cm³/mol. The van der Waals surface area contributed by atoms with Crippen LogP contribution in [0.4, 0.5) is 0 Å². The van der Waals surface area contributed by atoms with Gasteiger partial charge in [-0.3, -0.25) is 4.79 Å². The van der Waals surface area contributed by atoms with Gasteiger partial charge in [0.05, 0.1) is 14.2 Å². The SMILES string of the molecule is COc1ccc(CC[C@@H](OC(=O)[C@@H]2CCCCN2C(=O)[C@@H]2CC=C[C@@H]3CCCC[C@H]32)c2cccc(OCC(=O)O)c2)cc1OC. The molecule has 1 saturated carbocycles. The summed E-state index contributed by atoms with van der Waals surface area (Å²) in [5, 5.41) is 9.09. The number of benzene rings is 2. The minimum absolute atomic E-state index is 0.0855. The second-order valence-electron chi connectivity index (χ2n) is 12.3. The summed E-state index contributed by atoms with van der Waals surface area (Å²) in [6.07, 6.45) is 12.4. The zero-order chi connectivity index (χ0) is 31.8. The van der Waals surface area contributed by atoms with Crippen molar-refractivity contribution in [1.29, 1.82) is 0 Å². The quantitative estimate of drug-likeness (QED) is 0.223. The highest BCUT2D eigenvalue weighted by Crippen LogP contribution is 2.42. The number of ether oxygens (including phenoxy) is 4. The molecule has 0 aromatic heterocycles. The number of carbonyl (C=O) groups excluding carboxylic acids is 2. The average Bonchev–Trinajstić information content (AvgIpc) is 3.08. The Balaban J connectivity index is 1.35. The maximum atomic E-state index is 14.1. The summed E-state index contributed by atoms with van der Waals surface area (Å²) in [4.78, 5) is 41.0. The molecule has 1 heterocycles. The zero-order valence-corrected chi connectivity index (χ0v) is 26.3. The van der Waals surface area contributed by atoms with E-state index in [1.165, 1.54) is 6.42 Å². The first kappa shape index (κ1) is 32.4. The highest BCUT2D eigenvalue weighted by Gasteiger charge is 2.42. The second kappa shape index (κ2) is 15.3. The number of hydrogen-bond acceptors (Lipinski definition) is 7. The molecule has 0 unspecified atom stereocenters. The number of esters is 1. The summed E-state index contributed by atoms with van der Waals surface area (Å²) >= 11 is 0. The first-order valence-electron chi connectivity index (χ1n) is 16.2. The van der Waals surface area contributed by atoms with E-state index in [-0.39, 0.29) is 11.8 Å². The van der Waals surface area contributed by atoms with Crippen LogP contribution in [0.1, 0.15) is 75.0 Å². The number of likely N-dealkylation sites (tertiary alicyclic amines) is 1. The topological polar surface area (TPSA) is 112 Å². The number of allylic oxidation sites excluding steroid dienone is 2. The van der Waals surface area contributed by atoms with Gasteiger partial charge in [-0.05, 0) is 98.6 Å². The van der Waals surface area contributed by atoms with E-state index in [9.17, 15) is 14.4 Å². The normalized spacial score (nSPS) is 23.4. The number of amides is 1. The van der Waals surface area contributed by atoms with Gasteiger partial charge < -0.3 is 29.0 Å². The molecule has 0 bridgehead atoms. The Bertz CT molecular complexity index is 1370. The number of carbonyl (C=O) groups is 3. The van der Waals surface area contributed by atoms with Crippen molar-refractivity contribution in [3.63, 3.8) is 0 Å². The highest BCUT2D eigenvalue weighted by atomic mass is 16.5. The van der Waals surface area contributed by atoms with Crippen molar-refractivity contribution < 1.29 is 38.4 Å². The fraction of sp³-hybridized carbons (Fsp3) is 0.528. The zero-order valence-electron chi connectivity index (χ0n) is 26.3. The number of fused-ring (bicyclic) bond motifs is 1. The maximum Gasteiger partial charge on any atom is 0.341 e. The van der Waals surface area contributed by atoms with E-state index < -0.39 is 30.7 Å². The van der Waals surface area contributed by atoms with E-state index in [1.807, 2.05) is 24.3 Å². The fourth-order valence-electron chi connectivity index (χ4n) is 7.23. The molecule has 0 radical (unpaired) electrons. The third-order valence-corrected chi connectivity index (χ3v) is 9.53. The van der Waals surface area contributed by atoms with Crippen molar-refractivity contribution in [2.75, 3.05) is 27.4 Å². The van der Waals surface area contributed by atoms with E-state index in [1.54, 1.807) is 37.3 Å². The van der Waals surface area contributed by atoms with Crippen LogP contribution in [-0.4, -0.2) is 61.3 Å². The third kappa shape index (κ3) is 7.99. The predicted octanol–water partition coefficient (Wildman–Crippen LogP) is 6.15. The number of carboxylic acid groups (broad SMARTS) is 1. The second-order valence-corrected chi connectivity index (χ2v) is 12.3. The van der Waals surface area contributed by atoms with E-state index in [0.29, 0.717) is 60.5 Å². The standard InChI is InChI=1S/C36H45NO8/c1-42-32-19-17-24(21-33(32)43-2)16-18-31(26-11-7-12-27(22-26)44-23-34(38)39)45-36(41)30-15-5-6-20-37(30)35(40)29-14-8-10-25-9-3-4-13-28(25)29/h7-8,10-12,17,19,21-22,25,28-31H,3-6,9,13-16,18,20,23H2,1-2H3,(H,38,39)/t25-,28+,29+,30-,31+/m0/s1. The lowest BCUT2D eigenvalue weighted by Crippen LogP contribution is -2.52. The van der Waals surface area contributed by atoms with Crippen molar-refractivity contribution in [1.82, 2.24) is 4.90 Å². The van der Waals surface area contributed by atoms with E-state index >= 15 is 0 Å². The van der Waals surface area contributed by atoms with Crippen molar-refractivity contribution in [3.05, 3.63) is 65.7 Å². The molecule has 5 atom stereocenters. The van der Waals surface area contributed by atoms with Gasteiger partial charge in [-0.2, -0.15) is 0 Å². The molecule has 0 spiro atoms. The van der Waals surface area contributed by atoms with E-state index in [2.05, 4.69) is 12.2 Å². The minimum atomic E-state index is -1.08. The number of rotatable bonds is 12. The molecule has 1 saturated heterocycles. The van der Waals surface area contributed by atoms with Crippen LogP contribution in [0.15, 0.2) is 54.6 Å². The number of piperidine rings is 1. The highest BCUT2D eigenvalue weighted by molar-refractivity contribution is 5.86. The Hall–Kier alpha value is -4.01. The van der Waals surface area contributed by atoms with Crippen molar-refractivity contribution >= 4 is 17.8 Å². The van der Waals surface area contributed by atoms with E-state index in [4.69, 9.17) is 24.1 Å². The van der Waals surface area contributed by atoms with Crippen LogP contribution in [0.3, 0.4) is 0 Å². The van der Waals surface area contributed by atoms with Crippen molar-refractivity contribution in [2.24, 2.45) is 17.8 Å². The summed E-state index contributed by atoms with van der Waals surface area (Å²) in [6.45, 7) is 0.0852. The van der Waals surface area contributed by atoms with Crippen LogP contribution < -0.4 is 14.2 Å². The molecule has 3 aliphatic rings. The largest absolute Gasteiger partial charge is 0.493 e. The first-order valence-corrected chi connectivity index (χ1v) is 16.2. The van der Waals surface area contributed by atoms with Gasteiger partial charge in [-0.15, -0.1) is 0 Å². The third-order valence-electron chi connectivity index (χ3n) is 9.53. The van der Waals surface area contributed by atoms with Crippen molar-refractivity contribution in [2.45, 2.75) is 76.4 Å². The lowest BCUT2D eigenvalue weighted by molar-refractivity contribution is -0.164. The molecule has 45 heavy (non-hydrogen) atoms. The number of carboxylic acids is 1. The molecule has 1 aliphatic heterocycles. The molecule has 2 aliphatic carbocycles. The Labute approximate surface area is 265 Å². The fourth-order valence-corrected chi connectivity index (χ4v) is 7.23. The van der Waals surface area contributed by atoms with Crippen LogP contribution in [0.5, 0.6) is 17.2 Å². The van der Waals surface area contributed by atoms with Crippen LogP contribution in [0.25, 0.3) is 0 Å². The Morgan fingerprint density at radius 2 is 1.76 bits per heavy atom. The van der Waals surface area contributed by atoms with Gasteiger partial charge in [0.25, 0.3) is 0 Å². The molecule has 1 amide bonds. The van der Waals surface area contributed by atoms with Gasteiger partial charge in [0.1, 0.15) is 17.9 Å². The monoisotopic (exact) mass is 619 g/mol. The number of hydrogen-bond donors (Lipinski definition) is 1. The van der Waals surface area contributed by atoms with Gasteiger partial charge in [-0.1, -0.05) is 43.2 Å². The van der Waals surface area contributed by atoms with Gasteiger partial charge in [-0.25, -0.2) is 9.59 Å². The summed E-state index contributed by atoms with van der Waals surface area (Å²) in [6, 6.07) is 12.1. The van der Waals surface area contributed by atoms with Crippen LogP contribution in [-0.2, 0) is 25.5 Å². The molecule has 242 valence electrons. The van der Waals surface area contributed by atoms with Gasteiger partial charge in [0.2, 0.25) is 5.91 Å². The molecule has 5 rings (SSSR count). The van der Waals surface area contributed by atoms with Crippen LogP contribution >= 0.6 is 0 Å². The maximum absolute atomic E-state index is 14.1. The lowest BCUT2D eigenvalue weighted by atomic mass is 9.68. The Morgan fingerprint density at radius 1 is 0.956 bits per heavy atom. The van der Waals surface area contributed by atoms with E-state index in [0.717, 1.165) is 44.1 Å². The summed E-state index contributed by atoms with van der Waals surface area (Å²) in [5.41, 5.74) is 1.68. The number of nitrogens with zero attached hydrogens (tertiary/aromatic N) is 1. The molecule has 1 N–H and O–H groups in total. The molecule has 9 nitrogen and oxygen atoms in total. The molecule has 9 heteroatoms. The Kier molecular flexibility index (Phi) is 11.0.